The second-order valence-corrected chi connectivity index (χ2v) is 6.17. The highest BCUT2D eigenvalue weighted by atomic mass is 79.9. The summed E-state index contributed by atoms with van der Waals surface area (Å²) in [6.07, 6.45) is 3.99. The van der Waals surface area contributed by atoms with E-state index in [1.54, 1.807) is 0 Å². The maximum absolute atomic E-state index is 5.52. The first-order valence-electron chi connectivity index (χ1n) is 6.01. The Morgan fingerprint density at radius 1 is 1.47 bits per heavy atom. The lowest BCUT2D eigenvalue weighted by Crippen LogP contribution is -2.42. The first-order chi connectivity index (χ1) is 8.16. The molecule has 1 fully saturated rings. The third kappa shape index (κ3) is 3.81. The fourth-order valence-corrected chi connectivity index (χ4v) is 2.90. The Morgan fingerprint density at radius 2 is 2.29 bits per heavy atom. The van der Waals surface area contributed by atoms with E-state index < -0.39 is 0 Å². The summed E-state index contributed by atoms with van der Waals surface area (Å²) in [6.45, 7) is 3.05. The summed E-state index contributed by atoms with van der Waals surface area (Å²) in [5.41, 5.74) is 0. The lowest BCUT2D eigenvalue weighted by atomic mass is 10.0. The number of halogens is 2. The van der Waals surface area contributed by atoms with Crippen molar-refractivity contribution in [2.45, 2.75) is 31.8 Å². The molecule has 1 aliphatic rings. The second-order valence-electron chi connectivity index (χ2n) is 4.60. The lowest BCUT2D eigenvalue weighted by molar-refractivity contribution is 0.180. The maximum Gasteiger partial charge on any atom is 0.183 e. The molecule has 2 heterocycles. The summed E-state index contributed by atoms with van der Waals surface area (Å²) >= 11 is 6.76. The van der Waals surface area contributed by atoms with E-state index in [4.69, 9.17) is 4.42 Å². The Hall–Kier alpha value is 0.160. The third-order valence-corrected chi connectivity index (χ3v) is 5.01. The fraction of sp³-hybridized carbons (Fsp3) is 0.667. The summed E-state index contributed by atoms with van der Waals surface area (Å²) in [4.78, 5) is 2.45. The summed E-state index contributed by atoms with van der Waals surface area (Å²) in [7, 11) is 2.21. The normalized spacial score (nSPS) is 21.9. The van der Waals surface area contributed by atoms with Crippen LogP contribution in [0.2, 0.25) is 0 Å². The molecule has 0 aliphatic carbocycles. The van der Waals surface area contributed by atoms with Crippen molar-refractivity contribution in [2.24, 2.45) is 0 Å². The highest BCUT2D eigenvalue weighted by molar-refractivity contribution is 9.13. The van der Waals surface area contributed by atoms with Crippen molar-refractivity contribution in [3.63, 3.8) is 0 Å². The molecule has 1 unspecified atom stereocenters. The van der Waals surface area contributed by atoms with Gasteiger partial charge in [-0.2, -0.15) is 0 Å². The summed E-state index contributed by atoms with van der Waals surface area (Å²) < 4.78 is 7.27. The number of hydrogen-bond donors (Lipinski definition) is 1. The number of piperidine rings is 1. The Labute approximate surface area is 119 Å². The molecule has 1 aromatic heterocycles. The molecule has 2 rings (SSSR count). The molecule has 1 aromatic rings. The molecule has 0 aromatic carbocycles. The molecule has 0 saturated carbocycles. The van der Waals surface area contributed by atoms with Crippen molar-refractivity contribution in [1.29, 1.82) is 0 Å². The molecule has 1 N–H and O–H groups in total. The fourth-order valence-electron chi connectivity index (χ4n) is 2.24. The van der Waals surface area contributed by atoms with Crippen LogP contribution in [0.25, 0.3) is 0 Å². The number of nitrogens with zero attached hydrogens (tertiary/aromatic N) is 1. The molecule has 3 nitrogen and oxygen atoms in total. The van der Waals surface area contributed by atoms with Crippen LogP contribution in [-0.2, 0) is 6.54 Å². The Kier molecular flexibility index (Phi) is 5.09. The van der Waals surface area contributed by atoms with E-state index in [-0.39, 0.29) is 0 Å². The molecule has 17 heavy (non-hydrogen) atoms. The average Bonchev–Trinajstić information content (AvgIpc) is 2.61. The zero-order valence-corrected chi connectivity index (χ0v) is 13.2. The second kappa shape index (κ2) is 6.36. The average molecular weight is 366 g/mol. The molecule has 0 spiro atoms. The van der Waals surface area contributed by atoms with E-state index in [1.807, 2.05) is 6.07 Å². The van der Waals surface area contributed by atoms with Gasteiger partial charge in [-0.15, -0.1) is 0 Å². The minimum absolute atomic E-state index is 0.672. The van der Waals surface area contributed by atoms with Crippen LogP contribution < -0.4 is 5.32 Å². The molecule has 1 atom stereocenters. The largest absolute Gasteiger partial charge is 0.452 e. The van der Waals surface area contributed by atoms with Crippen molar-refractivity contribution in [3.8, 4) is 0 Å². The highest BCUT2D eigenvalue weighted by Crippen LogP contribution is 2.26. The van der Waals surface area contributed by atoms with Gasteiger partial charge in [0.2, 0.25) is 0 Å². The van der Waals surface area contributed by atoms with E-state index in [0.717, 1.165) is 28.0 Å². The van der Waals surface area contributed by atoms with Crippen molar-refractivity contribution in [2.75, 3.05) is 20.1 Å². The van der Waals surface area contributed by atoms with E-state index in [0.29, 0.717) is 6.04 Å². The van der Waals surface area contributed by atoms with Gasteiger partial charge in [-0.1, -0.05) is 6.42 Å². The molecule has 0 bridgehead atoms. The van der Waals surface area contributed by atoms with Gasteiger partial charge in [0.05, 0.1) is 11.0 Å². The van der Waals surface area contributed by atoms with Crippen LogP contribution in [0.3, 0.4) is 0 Å². The van der Waals surface area contributed by atoms with Crippen molar-refractivity contribution >= 4 is 31.9 Å². The summed E-state index contributed by atoms with van der Waals surface area (Å²) in [5.74, 6) is 0.960. The van der Waals surface area contributed by atoms with Gasteiger partial charge in [0.15, 0.2) is 4.67 Å². The van der Waals surface area contributed by atoms with Crippen LogP contribution >= 0.6 is 31.9 Å². The van der Waals surface area contributed by atoms with Gasteiger partial charge < -0.3 is 14.6 Å². The molecule has 1 saturated heterocycles. The van der Waals surface area contributed by atoms with Crippen LogP contribution in [0.4, 0.5) is 0 Å². The van der Waals surface area contributed by atoms with Crippen LogP contribution in [0.1, 0.15) is 25.0 Å². The van der Waals surface area contributed by atoms with Crippen LogP contribution in [0, 0.1) is 0 Å². The van der Waals surface area contributed by atoms with E-state index in [2.05, 4.69) is 49.1 Å². The SMILES string of the molecule is CN1CCCCC1CNCc1cc(Br)c(Br)o1. The topological polar surface area (TPSA) is 28.4 Å². The molecular formula is C12H18Br2N2O. The van der Waals surface area contributed by atoms with Crippen molar-refractivity contribution in [3.05, 3.63) is 21.0 Å². The van der Waals surface area contributed by atoms with Crippen LogP contribution in [0.5, 0.6) is 0 Å². The van der Waals surface area contributed by atoms with Gasteiger partial charge in [0.1, 0.15) is 5.76 Å². The lowest BCUT2D eigenvalue weighted by Gasteiger charge is -2.32. The van der Waals surface area contributed by atoms with Gasteiger partial charge >= 0.3 is 0 Å². The van der Waals surface area contributed by atoms with E-state index in [9.17, 15) is 0 Å². The Morgan fingerprint density at radius 3 is 2.94 bits per heavy atom. The Balaban J connectivity index is 1.75. The first-order valence-corrected chi connectivity index (χ1v) is 7.60. The van der Waals surface area contributed by atoms with Crippen molar-refractivity contribution in [1.82, 2.24) is 10.2 Å². The van der Waals surface area contributed by atoms with Gasteiger partial charge in [-0.3, -0.25) is 0 Å². The molecule has 0 amide bonds. The highest BCUT2D eigenvalue weighted by Gasteiger charge is 2.18. The smallest absolute Gasteiger partial charge is 0.183 e. The standard InChI is InChI=1S/C12H18Br2N2O/c1-16-5-3-2-4-9(16)7-15-8-10-6-11(13)12(14)17-10/h6,9,15H,2-5,7-8H2,1H3. The summed E-state index contributed by atoms with van der Waals surface area (Å²) in [5, 5.41) is 3.47. The first kappa shape index (κ1) is 13.6. The molecule has 1 aliphatic heterocycles. The van der Waals surface area contributed by atoms with E-state index >= 15 is 0 Å². The maximum atomic E-state index is 5.52. The number of likely N-dealkylation sites (N-methyl/N-ethyl adjacent to an activating group) is 1. The predicted molar refractivity (Wildman–Crippen MR) is 76.1 cm³/mol. The monoisotopic (exact) mass is 364 g/mol. The van der Waals surface area contributed by atoms with Crippen LogP contribution in [0.15, 0.2) is 19.6 Å². The number of furan rings is 1. The molecule has 0 radical (unpaired) electrons. The van der Waals surface area contributed by atoms with Gasteiger partial charge in [0, 0.05) is 12.6 Å². The Bertz CT molecular complexity index is 348. The van der Waals surface area contributed by atoms with Crippen LogP contribution in [-0.4, -0.2) is 31.1 Å². The minimum Gasteiger partial charge on any atom is -0.452 e. The molecule has 5 heteroatoms. The quantitative estimate of drug-likeness (QED) is 0.886. The number of likely N-dealkylation sites (tertiary alicyclic amines) is 1. The van der Waals surface area contributed by atoms with Gasteiger partial charge in [0.25, 0.3) is 0 Å². The zero-order chi connectivity index (χ0) is 12.3. The minimum atomic E-state index is 0.672. The van der Waals surface area contributed by atoms with Gasteiger partial charge in [-0.25, -0.2) is 0 Å². The van der Waals surface area contributed by atoms with E-state index in [1.165, 1.54) is 25.8 Å². The van der Waals surface area contributed by atoms with Gasteiger partial charge in [-0.05, 0) is 64.4 Å². The zero-order valence-electron chi connectivity index (χ0n) is 10.0. The molecule has 96 valence electrons. The number of nitrogens with one attached hydrogen (secondary N) is 1. The third-order valence-electron chi connectivity index (χ3n) is 3.30. The number of hydrogen-bond acceptors (Lipinski definition) is 3. The molecular weight excluding hydrogens is 348 g/mol. The number of rotatable bonds is 4. The van der Waals surface area contributed by atoms with Crippen molar-refractivity contribution < 1.29 is 4.42 Å². The predicted octanol–water partition coefficient (Wildman–Crippen LogP) is 3.38. The summed E-state index contributed by atoms with van der Waals surface area (Å²) in [6, 6.07) is 2.67.